The molecule has 174 valence electrons. The number of carbonyl (C=O) groups is 2. The van der Waals surface area contributed by atoms with E-state index in [-0.39, 0.29) is 36.9 Å². The van der Waals surface area contributed by atoms with Gasteiger partial charge < -0.3 is 24.6 Å². The Morgan fingerprint density at radius 2 is 2.19 bits per heavy atom. The van der Waals surface area contributed by atoms with Crippen LogP contribution >= 0.6 is 11.3 Å². The molecule has 3 amide bonds. The lowest BCUT2D eigenvalue weighted by Crippen LogP contribution is -2.50. The molecule has 0 unspecified atom stereocenters. The van der Waals surface area contributed by atoms with Gasteiger partial charge in [-0.25, -0.2) is 9.18 Å². The number of fused-ring (bicyclic) bond motifs is 1. The topological polar surface area (TPSA) is 71.1 Å². The van der Waals surface area contributed by atoms with Crippen LogP contribution in [0.3, 0.4) is 0 Å². The van der Waals surface area contributed by atoms with Gasteiger partial charge in [-0.3, -0.25) is 4.79 Å². The summed E-state index contributed by atoms with van der Waals surface area (Å²) in [5.74, 6) is -0.0921. The molecule has 0 saturated heterocycles. The standard InChI is InChI=1S/C23H30FN3O4S/c1-3-25-23(29)26(10-5-12-30-2)15-22(28)27-11-8-21-19(9-13-32-21)20(27)16-31-18-7-4-6-17(24)14-18/h4,6-7,9,13-14,20H,3,5,8,10-12,15-16H2,1-2H3,(H,25,29)/t20-/m0/s1. The Bertz CT molecular complexity index is 907. The van der Waals surface area contributed by atoms with E-state index in [1.807, 2.05) is 18.4 Å². The molecule has 0 aliphatic carbocycles. The molecule has 1 aromatic heterocycles. The number of thiophene rings is 1. The molecule has 1 aromatic carbocycles. The Morgan fingerprint density at radius 1 is 1.34 bits per heavy atom. The van der Waals surface area contributed by atoms with Gasteiger partial charge >= 0.3 is 6.03 Å². The van der Waals surface area contributed by atoms with Crippen LogP contribution in [-0.4, -0.2) is 68.2 Å². The van der Waals surface area contributed by atoms with Gasteiger partial charge in [-0.15, -0.1) is 11.3 Å². The minimum atomic E-state index is -0.371. The average molecular weight is 464 g/mol. The van der Waals surface area contributed by atoms with Gasteiger partial charge in [0, 0.05) is 44.3 Å². The Hall–Kier alpha value is -2.65. The average Bonchev–Trinajstić information content (AvgIpc) is 3.26. The van der Waals surface area contributed by atoms with E-state index in [9.17, 15) is 14.0 Å². The molecule has 1 N–H and O–H groups in total. The van der Waals surface area contributed by atoms with E-state index in [1.54, 1.807) is 35.5 Å². The van der Waals surface area contributed by atoms with Crippen molar-refractivity contribution in [1.29, 1.82) is 0 Å². The van der Waals surface area contributed by atoms with Crippen LogP contribution in [0, 0.1) is 5.82 Å². The summed E-state index contributed by atoms with van der Waals surface area (Å²) >= 11 is 1.66. The van der Waals surface area contributed by atoms with Gasteiger partial charge in [-0.2, -0.15) is 0 Å². The maximum atomic E-state index is 13.5. The van der Waals surface area contributed by atoms with Crippen molar-refractivity contribution in [2.75, 3.05) is 46.5 Å². The van der Waals surface area contributed by atoms with Crippen LogP contribution in [0.15, 0.2) is 35.7 Å². The number of ether oxygens (including phenoxy) is 2. The molecule has 32 heavy (non-hydrogen) atoms. The van der Waals surface area contributed by atoms with Gasteiger partial charge in [-0.05, 0) is 48.9 Å². The Labute approximate surface area is 192 Å². The van der Waals surface area contributed by atoms with Crippen molar-refractivity contribution in [2.45, 2.75) is 25.8 Å². The maximum absolute atomic E-state index is 13.5. The highest BCUT2D eigenvalue weighted by molar-refractivity contribution is 7.10. The van der Waals surface area contributed by atoms with Crippen molar-refractivity contribution in [3.05, 3.63) is 52.0 Å². The number of methoxy groups -OCH3 is 1. The highest BCUT2D eigenvalue weighted by Gasteiger charge is 2.33. The van der Waals surface area contributed by atoms with Crippen LogP contribution in [0.5, 0.6) is 5.75 Å². The number of rotatable bonds is 10. The summed E-state index contributed by atoms with van der Waals surface area (Å²) in [4.78, 5) is 30.3. The van der Waals surface area contributed by atoms with Crippen molar-refractivity contribution in [1.82, 2.24) is 15.1 Å². The summed E-state index contributed by atoms with van der Waals surface area (Å²) in [6.07, 6.45) is 1.40. The van der Waals surface area contributed by atoms with Crippen molar-refractivity contribution in [3.8, 4) is 5.75 Å². The van der Waals surface area contributed by atoms with Crippen molar-refractivity contribution in [3.63, 3.8) is 0 Å². The molecule has 1 atom stereocenters. The highest BCUT2D eigenvalue weighted by atomic mass is 32.1. The zero-order chi connectivity index (χ0) is 22.9. The lowest BCUT2D eigenvalue weighted by molar-refractivity contribution is -0.135. The molecule has 2 heterocycles. The van der Waals surface area contributed by atoms with E-state index in [4.69, 9.17) is 9.47 Å². The largest absolute Gasteiger partial charge is 0.491 e. The third-order valence-corrected chi connectivity index (χ3v) is 6.33. The van der Waals surface area contributed by atoms with E-state index in [2.05, 4.69) is 5.32 Å². The van der Waals surface area contributed by atoms with Crippen LogP contribution < -0.4 is 10.1 Å². The Kier molecular flexibility index (Phi) is 8.87. The molecule has 1 aliphatic heterocycles. The van der Waals surface area contributed by atoms with E-state index < -0.39 is 0 Å². The van der Waals surface area contributed by atoms with Crippen molar-refractivity contribution < 1.29 is 23.5 Å². The molecule has 9 heteroatoms. The predicted octanol–water partition coefficient (Wildman–Crippen LogP) is 3.46. The normalized spacial score (nSPS) is 15.2. The lowest BCUT2D eigenvalue weighted by Gasteiger charge is -2.37. The number of urea groups is 1. The number of nitrogens with zero attached hydrogens (tertiary/aromatic N) is 2. The minimum absolute atomic E-state index is 0.0223. The van der Waals surface area contributed by atoms with E-state index >= 15 is 0 Å². The fraction of sp³-hybridized carbons (Fsp3) is 0.478. The molecule has 0 bridgehead atoms. The molecule has 2 aromatic rings. The first-order chi connectivity index (χ1) is 15.5. The lowest BCUT2D eigenvalue weighted by atomic mass is 10.0. The number of hydrogen-bond donors (Lipinski definition) is 1. The zero-order valence-corrected chi connectivity index (χ0v) is 19.3. The van der Waals surface area contributed by atoms with Crippen LogP contribution in [0.1, 0.15) is 29.8 Å². The number of benzene rings is 1. The van der Waals surface area contributed by atoms with Crippen LogP contribution in [0.25, 0.3) is 0 Å². The molecule has 0 spiro atoms. The number of amides is 3. The quantitative estimate of drug-likeness (QED) is 0.548. The Morgan fingerprint density at radius 3 is 2.94 bits per heavy atom. The molecule has 0 saturated carbocycles. The number of halogens is 1. The molecule has 1 aliphatic rings. The number of carbonyl (C=O) groups excluding carboxylic acids is 2. The summed E-state index contributed by atoms with van der Waals surface area (Å²) in [5.41, 5.74) is 1.05. The van der Waals surface area contributed by atoms with Gasteiger partial charge in [0.25, 0.3) is 0 Å². The molecule has 3 rings (SSSR count). The molecule has 0 fully saturated rings. The summed E-state index contributed by atoms with van der Waals surface area (Å²) in [6, 6.07) is 7.43. The van der Waals surface area contributed by atoms with Crippen LogP contribution in [0.4, 0.5) is 9.18 Å². The van der Waals surface area contributed by atoms with Crippen molar-refractivity contribution >= 4 is 23.3 Å². The fourth-order valence-electron chi connectivity index (χ4n) is 3.78. The second-order valence-corrected chi connectivity index (χ2v) is 8.52. The van der Waals surface area contributed by atoms with E-state index in [0.29, 0.717) is 38.4 Å². The zero-order valence-electron chi connectivity index (χ0n) is 18.5. The Balaban J connectivity index is 1.73. The fourth-order valence-corrected chi connectivity index (χ4v) is 4.70. The van der Waals surface area contributed by atoms with Gasteiger partial charge in [0.15, 0.2) is 0 Å². The monoisotopic (exact) mass is 463 g/mol. The molecule has 0 radical (unpaired) electrons. The maximum Gasteiger partial charge on any atom is 0.317 e. The summed E-state index contributed by atoms with van der Waals surface area (Å²) in [7, 11) is 1.61. The van der Waals surface area contributed by atoms with Crippen LogP contribution in [0.2, 0.25) is 0 Å². The second kappa shape index (κ2) is 11.8. The van der Waals surface area contributed by atoms with Gasteiger partial charge in [0.2, 0.25) is 5.91 Å². The first-order valence-corrected chi connectivity index (χ1v) is 11.7. The first-order valence-electron chi connectivity index (χ1n) is 10.8. The van der Waals surface area contributed by atoms with Gasteiger partial charge in [0.1, 0.15) is 24.7 Å². The summed E-state index contributed by atoms with van der Waals surface area (Å²) in [5, 5.41) is 4.79. The van der Waals surface area contributed by atoms with E-state index in [1.165, 1.54) is 21.9 Å². The number of nitrogens with one attached hydrogen (secondary N) is 1. The smallest absolute Gasteiger partial charge is 0.317 e. The van der Waals surface area contributed by atoms with Crippen LogP contribution in [-0.2, 0) is 16.0 Å². The second-order valence-electron chi connectivity index (χ2n) is 7.52. The highest BCUT2D eigenvalue weighted by Crippen LogP contribution is 2.34. The predicted molar refractivity (Wildman–Crippen MR) is 122 cm³/mol. The summed E-state index contributed by atoms with van der Waals surface area (Å²) in [6.45, 7) is 4.00. The van der Waals surface area contributed by atoms with E-state index in [0.717, 1.165) is 12.0 Å². The molecular formula is C23H30FN3O4S. The first kappa shape index (κ1) is 24.0. The minimum Gasteiger partial charge on any atom is -0.491 e. The molecular weight excluding hydrogens is 433 g/mol. The summed E-state index contributed by atoms with van der Waals surface area (Å²) < 4.78 is 24.5. The third kappa shape index (κ3) is 6.20. The molecule has 7 nitrogen and oxygen atoms in total. The van der Waals surface area contributed by atoms with Gasteiger partial charge in [-0.1, -0.05) is 6.07 Å². The SMILES string of the molecule is CCNC(=O)N(CCCOC)CC(=O)N1CCc2sccc2[C@@H]1COc1cccc(F)c1. The number of hydrogen-bond acceptors (Lipinski definition) is 5. The third-order valence-electron chi connectivity index (χ3n) is 5.34. The van der Waals surface area contributed by atoms with Crippen molar-refractivity contribution in [2.24, 2.45) is 0 Å². The van der Waals surface area contributed by atoms with Gasteiger partial charge in [0.05, 0.1) is 6.04 Å².